The lowest BCUT2D eigenvalue weighted by Gasteiger charge is -2.12. The van der Waals surface area contributed by atoms with E-state index in [-0.39, 0.29) is 11.6 Å². The molecule has 7 heteroatoms. The van der Waals surface area contributed by atoms with Crippen molar-refractivity contribution in [3.8, 4) is 5.88 Å². The van der Waals surface area contributed by atoms with Gasteiger partial charge in [-0.25, -0.2) is 4.68 Å². The first-order chi connectivity index (χ1) is 12.9. The fourth-order valence-corrected chi connectivity index (χ4v) is 3.23. The molecule has 3 aromatic rings. The second-order valence-corrected chi connectivity index (χ2v) is 7.02. The Balaban J connectivity index is 1.87. The molecule has 3 rings (SSSR count). The second-order valence-electron chi connectivity index (χ2n) is 7.02. The molecule has 0 saturated heterocycles. The molecule has 0 spiro atoms. The summed E-state index contributed by atoms with van der Waals surface area (Å²) in [6, 6.07) is 4.14. The van der Waals surface area contributed by atoms with Crippen LogP contribution in [0.25, 0.3) is 11.0 Å². The van der Waals surface area contributed by atoms with E-state index in [0.717, 1.165) is 33.4 Å². The molecule has 7 nitrogen and oxygen atoms in total. The van der Waals surface area contributed by atoms with Gasteiger partial charge in [-0.05, 0) is 51.8 Å². The minimum Gasteiger partial charge on any atom is -0.478 e. The number of hydrogen-bond acceptors (Lipinski definition) is 5. The fraction of sp³-hybridized carbons (Fsp3) is 0.450. The zero-order valence-corrected chi connectivity index (χ0v) is 16.6. The zero-order chi connectivity index (χ0) is 19.6. The molecular formula is C20H27N5O2. The van der Waals surface area contributed by atoms with E-state index in [9.17, 15) is 4.79 Å². The predicted molar refractivity (Wildman–Crippen MR) is 106 cm³/mol. The minimum atomic E-state index is -0.0393. The van der Waals surface area contributed by atoms with E-state index in [1.54, 1.807) is 0 Å². The number of rotatable bonds is 7. The first kappa shape index (κ1) is 19.1. The van der Waals surface area contributed by atoms with Crippen LogP contribution in [-0.2, 0) is 13.1 Å². The van der Waals surface area contributed by atoms with Crippen LogP contribution in [0.15, 0.2) is 23.1 Å². The number of nitrogens with zero attached hydrogens (tertiary/aromatic N) is 3. The van der Waals surface area contributed by atoms with Crippen molar-refractivity contribution in [2.45, 2.75) is 53.8 Å². The maximum atomic E-state index is 12.2. The van der Waals surface area contributed by atoms with Gasteiger partial charge in [-0.1, -0.05) is 0 Å². The summed E-state index contributed by atoms with van der Waals surface area (Å²) in [5.41, 5.74) is 4.45. The van der Waals surface area contributed by atoms with Gasteiger partial charge in [0.2, 0.25) is 5.88 Å². The monoisotopic (exact) mass is 369 g/mol. The summed E-state index contributed by atoms with van der Waals surface area (Å²) in [5, 5.41) is 8.85. The van der Waals surface area contributed by atoms with E-state index in [1.807, 2.05) is 43.8 Å². The van der Waals surface area contributed by atoms with Gasteiger partial charge in [-0.2, -0.15) is 10.1 Å². The number of ether oxygens (including phenoxy) is 1. The summed E-state index contributed by atoms with van der Waals surface area (Å²) in [7, 11) is 0. The van der Waals surface area contributed by atoms with Crippen LogP contribution in [-0.4, -0.2) is 26.4 Å². The van der Waals surface area contributed by atoms with Crippen LogP contribution < -0.4 is 15.6 Å². The average Bonchev–Trinajstić information content (AvgIpc) is 3.01. The zero-order valence-electron chi connectivity index (χ0n) is 16.6. The van der Waals surface area contributed by atoms with Crippen LogP contribution >= 0.6 is 0 Å². The highest BCUT2D eigenvalue weighted by molar-refractivity contribution is 5.79. The topological polar surface area (TPSA) is 84.8 Å². The molecule has 0 radical (unpaired) electrons. The maximum absolute atomic E-state index is 12.2. The van der Waals surface area contributed by atoms with Crippen LogP contribution in [0.1, 0.15) is 49.2 Å². The van der Waals surface area contributed by atoms with E-state index in [0.29, 0.717) is 25.6 Å². The molecule has 0 atom stereocenters. The van der Waals surface area contributed by atoms with Gasteiger partial charge in [0.25, 0.3) is 5.56 Å². The SMILES string of the molecule is CCOc1cc(CNCc2c(C)cc(C)[nH]c2=O)c2cnn(C(C)C)c2n1. The normalized spacial score (nSPS) is 11.5. The van der Waals surface area contributed by atoms with Gasteiger partial charge in [0.15, 0.2) is 5.65 Å². The standard InChI is InChI=1S/C20H27N5O2/c1-6-27-18-8-15(17-11-22-25(12(2)3)19(17)24-18)9-21-10-16-13(4)7-14(5)23-20(16)26/h7-8,11-12,21H,6,9-10H2,1-5H3,(H,23,26). The summed E-state index contributed by atoms with van der Waals surface area (Å²) >= 11 is 0. The van der Waals surface area contributed by atoms with Crippen LogP contribution in [0.2, 0.25) is 0 Å². The predicted octanol–water partition coefficient (Wildman–Crippen LogP) is 3.01. The molecule has 0 bridgehead atoms. The van der Waals surface area contributed by atoms with Crippen molar-refractivity contribution in [2.75, 3.05) is 6.61 Å². The molecule has 0 amide bonds. The van der Waals surface area contributed by atoms with Gasteiger partial charge >= 0.3 is 0 Å². The molecule has 0 aliphatic heterocycles. The number of hydrogen-bond donors (Lipinski definition) is 2. The lowest BCUT2D eigenvalue weighted by atomic mass is 10.1. The third-order valence-corrected chi connectivity index (χ3v) is 4.52. The van der Waals surface area contributed by atoms with E-state index < -0.39 is 0 Å². The van der Waals surface area contributed by atoms with Crippen LogP contribution in [0.3, 0.4) is 0 Å². The van der Waals surface area contributed by atoms with Crippen LogP contribution in [0.5, 0.6) is 5.88 Å². The number of aromatic amines is 1. The van der Waals surface area contributed by atoms with Crippen LogP contribution in [0, 0.1) is 13.8 Å². The smallest absolute Gasteiger partial charge is 0.252 e. The molecule has 3 aromatic heterocycles. The lowest BCUT2D eigenvalue weighted by Crippen LogP contribution is -2.23. The molecule has 0 saturated carbocycles. The third-order valence-electron chi connectivity index (χ3n) is 4.52. The fourth-order valence-electron chi connectivity index (χ4n) is 3.23. The Kier molecular flexibility index (Phi) is 5.60. The van der Waals surface area contributed by atoms with Crippen molar-refractivity contribution in [1.29, 1.82) is 0 Å². The largest absolute Gasteiger partial charge is 0.478 e. The number of fused-ring (bicyclic) bond motifs is 1. The molecule has 0 aromatic carbocycles. The van der Waals surface area contributed by atoms with Crippen molar-refractivity contribution in [2.24, 2.45) is 0 Å². The number of pyridine rings is 2. The van der Waals surface area contributed by atoms with Gasteiger partial charge in [0.1, 0.15) is 0 Å². The summed E-state index contributed by atoms with van der Waals surface area (Å²) < 4.78 is 7.54. The Morgan fingerprint density at radius 1 is 1.26 bits per heavy atom. The first-order valence-corrected chi connectivity index (χ1v) is 9.30. The molecule has 2 N–H and O–H groups in total. The summed E-state index contributed by atoms with van der Waals surface area (Å²) in [6.45, 7) is 11.6. The summed E-state index contributed by atoms with van der Waals surface area (Å²) in [5.74, 6) is 0.591. The van der Waals surface area contributed by atoms with Crippen LogP contribution in [0.4, 0.5) is 0 Å². The molecule has 144 valence electrons. The van der Waals surface area contributed by atoms with Gasteiger partial charge in [-0.3, -0.25) is 4.79 Å². The minimum absolute atomic E-state index is 0.0393. The first-order valence-electron chi connectivity index (χ1n) is 9.30. The van der Waals surface area contributed by atoms with Gasteiger partial charge in [-0.15, -0.1) is 0 Å². The molecule has 3 heterocycles. The van der Waals surface area contributed by atoms with E-state index in [1.165, 1.54) is 0 Å². The third kappa shape index (κ3) is 4.03. The molecule has 0 aliphatic rings. The molecular weight excluding hydrogens is 342 g/mol. The van der Waals surface area contributed by atoms with E-state index in [2.05, 4.69) is 34.2 Å². The number of H-pyrrole nitrogens is 1. The Morgan fingerprint density at radius 3 is 2.70 bits per heavy atom. The van der Waals surface area contributed by atoms with Gasteiger partial charge < -0.3 is 15.0 Å². The van der Waals surface area contributed by atoms with Crippen molar-refractivity contribution in [3.63, 3.8) is 0 Å². The summed E-state index contributed by atoms with van der Waals surface area (Å²) in [4.78, 5) is 19.7. The number of aromatic nitrogens is 4. The number of aryl methyl sites for hydroxylation is 2. The van der Waals surface area contributed by atoms with Crippen molar-refractivity contribution in [1.82, 2.24) is 25.1 Å². The van der Waals surface area contributed by atoms with E-state index >= 15 is 0 Å². The Morgan fingerprint density at radius 2 is 2.04 bits per heavy atom. The van der Waals surface area contributed by atoms with Crippen molar-refractivity contribution < 1.29 is 4.74 Å². The molecule has 0 unspecified atom stereocenters. The molecule has 0 fully saturated rings. The van der Waals surface area contributed by atoms with Gasteiger partial charge in [0, 0.05) is 41.8 Å². The highest BCUT2D eigenvalue weighted by atomic mass is 16.5. The highest BCUT2D eigenvalue weighted by Crippen LogP contribution is 2.24. The molecule has 0 aliphatic carbocycles. The maximum Gasteiger partial charge on any atom is 0.252 e. The second kappa shape index (κ2) is 7.92. The van der Waals surface area contributed by atoms with Gasteiger partial charge in [0.05, 0.1) is 12.8 Å². The average molecular weight is 369 g/mol. The summed E-state index contributed by atoms with van der Waals surface area (Å²) in [6.07, 6.45) is 1.85. The number of nitrogens with one attached hydrogen (secondary N) is 2. The van der Waals surface area contributed by atoms with E-state index in [4.69, 9.17) is 4.74 Å². The van der Waals surface area contributed by atoms with Crippen molar-refractivity contribution in [3.05, 3.63) is 51.1 Å². The Hall–Kier alpha value is -2.67. The highest BCUT2D eigenvalue weighted by Gasteiger charge is 2.14. The lowest BCUT2D eigenvalue weighted by molar-refractivity contribution is 0.327. The Bertz CT molecular complexity index is 1000. The van der Waals surface area contributed by atoms with Crippen molar-refractivity contribution >= 4 is 11.0 Å². The quantitative estimate of drug-likeness (QED) is 0.669. The molecule has 27 heavy (non-hydrogen) atoms. The Labute approximate surface area is 158 Å².